The first-order valence-electron chi connectivity index (χ1n) is 7.00. The highest BCUT2D eigenvalue weighted by molar-refractivity contribution is 7.92. The molecular formula is C17H21NO3S. The number of hydrogen-bond acceptors (Lipinski definition) is 3. The Morgan fingerprint density at radius 2 is 1.64 bits per heavy atom. The molecule has 22 heavy (non-hydrogen) atoms. The number of nitrogens with one attached hydrogen (secondary N) is 1. The summed E-state index contributed by atoms with van der Waals surface area (Å²) in [4.78, 5) is 0.173. The van der Waals surface area contributed by atoms with Crippen LogP contribution in [0.1, 0.15) is 26.3 Å². The minimum absolute atomic E-state index is 0.0319. The van der Waals surface area contributed by atoms with E-state index in [0.717, 1.165) is 5.56 Å². The normalized spacial score (nSPS) is 12.0. The fourth-order valence-corrected chi connectivity index (χ4v) is 3.11. The quantitative estimate of drug-likeness (QED) is 0.932. The molecule has 0 saturated carbocycles. The summed E-state index contributed by atoms with van der Waals surface area (Å²) in [5.74, 6) is 0.506. The lowest BCUT2D eigenvalue weighted by Gasteiger charge is -2.19. The molecule has 1 N–H and O–H groups in total. The number of ether oxygens (including phenoxy) is 1. The zero-order valence-electron chi connectivity index (χ0n) is 13.3. The molecule has 0 fully saturated rings. The van der Waals surface area contributed by atoms with Crippen molar-refractivity contribution in [2.24, 2.45) is 0 Å². The lowest BCUT2D eigenvalue weighted by molar-refractivity contribution is 0.413. The van der Waals surface area contributed by atoms with Crippen molar-refractivity contribution in [1.82, 2.24) is 0 Å². The highest BCUT2D eigenvalue weighted by Gasteiger charge is 2.16. The summed E-state index contributed by atoms with van der Waals surface area (Å²) in [5, 5.41) is 0. The van der Waals surface area contributed by atoms with Crippen molar-refractivity contribution >= 4 is 15.7 Å². The van der Waals surface area contributed by atoms with Gasteiger partial charge in [0.2, 0.25) is 0 Å². The molecule has 2 rings (SSSR count). The monoisotopic (exact) mass is 319 g/mol. The summed E-state index contributed by atoms with van der Waals surface area (Å²) < 4.78 is 32.4. The van der Waals surface area contributed by atoms with Crippen LogP contribution >= 0.6 is 0 Å². The molecule has 0 radical (unpaired) electrons. The van der Waals surface area contributed by atoms with Gasteiger partial charge in [-0.2, -0.15) is 0 Å². The fourth-order valence-electron chi connectivity index (χ4n) is 2.02. The SMILES string of the molecule is COc1cccc(S(=O)(=O)Nc2ccc(C(C)(C)C)cc2)c1. The van der Waals surface area contributed by atoms with Gasteiger partial charge in [0, 0.05) is 11.8 Å². The van der Waals surface area contributed by atoms with Crippen LogP contribution in [-0.2, 0) is 15.4 Å². The molecule has 0 aliphatic heterocycles. The predicted molar refractivity (Wildman–Crippen MR) is 88.9 cm³/mol. The van der Waals surface area contributed by atoms with Gasteiger partial charge in [0.1, 0.15) is 5.75 Å². The Balaban J connectivity index is 2.25. The molecule has 118 valence electrons. The average molecular weight is 319 g/mol. The van der Waals surface area contributed by atoms with Crippen LogP contribution in [0.3, 0.4) is 0 Å². The zero-order valence-corrected chi connectivity index (χ0v) is 14.1. The lowest BCUT2D eigenvalue weighted by Crippen LogP contribution is -2.14. The first kappa shape index (κ1) is 16.4. The summed E-state index contributed by atoms with van der Waals surface area (Å²) in [6.45, 7) is 6.34. The molecule has 0 unspecified atom stereocenters. The van der Waals surface area contributed by atoms with Crippen LogP contribution < -0.4 is 9.46 Å². The van der Waals surface area contributed by atoms with Gasteiger partial charge < -0.3 is 4.74 Å². The van der Waals surface area contributed by atoms with E-state index in [1.165, 1.54) is 19.2 Å². The Labute approximate surface area is 132 Å². The number of methoxy groups -OCH3 is 1. The molecule has 2 aromatic rings. The second-order valence-corrected chi connectivity index (χ2v) is 7.79. The van der Waals surface area contributed by atoms with E-state index in [0.29, 0.717) is 11.4 Å². The Bertz CT molecular complexity index is 744. The summed E-state index contributed by atoms with van der Waals surface area (Å²) in [7, 11) is -2.12. The smallest absolute Gasteiger partial charge is 0.262 e. The Kier molecular flexibility index (Phi) is 4.47. The highest BCUT2D eigenvalue weighted by Crippen LogP contribution is 2.25. The largest absolute Gasteiger partial charge is 0.497 e. The van der Waals surface area contributed by atoms with E-state index in [9.17, 15) is 8.42 Å². The Morgan fingerprint density at radius 3 is 2.18 bits per heavy atom. The summed E-state index contributed by atoms with van der Waals surface area (Å²) in [5.41, 5.74) is 1.72. The summed E-state index contributed by atoms with van der Waals surface area (Å²) in [6.07, 6.45) is 0. The molecule has 5 heteroatoms. The third-order valence-electron chi connectivity index (χ3n) is 3.35. The van der Waals surface area contributed by atoms with Crippen LogP contribution in [0.15, 0.2) is 53.4 Å². The van der Waals surface area contributed by atoms with E-state index in [2.05, 4.69) is 25.5 Å². The number of sulfonamides is 1. The molecule has 0 bridgehead atoms. The van der Waals surface area contributed by atoms with Crippen molar-refractivity contribution in [1.29, 1.82) is 0 Å². The van der Waals surface area contributed by atoms with E-state index in [4.69, 9.17) is 4.74 Å². The van der Waals surface area contributed by atoms with E-state index >= 15 is 0 Å². The molecule has 2 aromatic carbocycles. The second-order valence-electron chi connectivity index (χ2n) is 6.11. The number of hydrogen-bond donors (Lipinski definition) is 1. The molecule has 0 atom stereocenters. The van der Waals surface area contributed by atoms with Gasteiger partial charge in [0.25, 0.3) is 10.0 Å². The zero-order chi connectivity index (χ0) is 16.4. The minimum Gasteiger partial charge on any atom is -0.497 e. The van der Waals surface area contributed by atoms with Crippen molar-refractivity contribution in [3.05, 3.63) is 54.1 Å². The van der Waals surface area contributed by atoms with Crippen LogP contribution in [-0.4, -0.2) is 15.5 Å². The highest BCUT2D eigenvalue weighted by atomic mass is 32.2. The van der Waals surface area contributed by atoms with Gasteiger partial charge in [-0.05, 0) is 35.2 Å². The van der Waals surface area contributed by atoms with Crippen LogP contribution in [0.25, 0.3) is 0 Å². The predicted octanol–water partition coefficient (Wildman–Crippen LogP) is 3.79. The topological polar surface area (TPSA) is 55.4 Å². The van der Waals surface area contributed by atoms with Gasteiger partial charge in [-0.1, -0.05) is 39.0 Å². The molecule has 0 amide bonds. The molecule has 0 heterocycles. The van der Waals surface area contributed by atoms with Crippen molar-refractivity contribution < 1.29 is 13.2 Å². The van der Waals surface area contributed by atoms with E-state index < -0.39 is 10.0 Å². The van der Waals surface area contributed by atoms with Crippen LogP contribution in [0.2, 0.25) is 0 Å². The van der Waals surface area contributed by atoms with Crippen LogP contribution in [0.5, 0.6) is 5.75 Å². The van der Waals surface area contributed by atoms with Crippen molar-refractivity contribution in [2.75, 3.05) is 11.8 Å². The standard InChI is InChI=1S/C17H21NO3S/c1-17(2,3)13-8-10-14(11-9-13)18-22(19,20)16-7-5-6-15(12-16)21-4/h5-12,18H,1-4H3. The maximum Gasteiger partial charge on any atom is 0.262 e. The molecule has 0 spiro atoms. The fraction of sp³-hybridized carbons (Fsp3) is 0.294. The number of benzene rings is 2. The summed E-state index contributed by atoms with van der Waals surface area (Å²) >= 11 is 0. The van der Waals surface area contributed by atoms with Crippen LogP contribution in [0.4, 0.5) is 5.69 Å². The third-order valence-corrected chi connectivity index (χ3v) is 4.73. The van der Waals surface area contributed by atoms with E-state index in [-0.39, 0.29) is 10.3 Å². The lowest BCUT2D eigenvalue weighted by atomic mass is 9.87. The molecule has 0 aliphatic rings. The average Bonchev–Trinajstić information content (AvgIpc) is 2.46. The number of anilines is 1. The van der Waals surface area contributed by atoms with E-state index in [1.807, 2.05) is 12.1 Å². The maximum atomic E-state index is 12.4. The van der Waals surface area contributed by atoms with Gasteiger partial charge in [-0.3, -0.25) is 4.72 Å². The molecular weight excluding hydrogens is 298 g/mol. The Morgan fingerprint density at radius 1 is 1.00 bits per heavy atom. The van der Waals surface area contributed by atoms with Crippen molar-refractivity contribution in [3.63, 3.8) is 0 Å². The van der Waals surface area contributed by atoms with Crippen molar-refractivity contribution in [3.8, 4) is 5.75 Å². The van der Waals surface area contributed by atoms with Crippen molar-refractivity contribution in [2.45, 2.75) is 31.1 Å². The van der Waals surface area contributed by atoms with E-state index in [1.54, 1.807) is 24.3 Å². The summed E-state index contributed by atoms with van der Waals surface area (Å²) in [6, 6.07) is 13.8. The first-order valence-corrected chi connectivity index (χ1v) is 8.48. The van der Waals surface area contributed by atoms with Gasteiger partial charge in [-0.15, -0.1) is 0 Å². The molecule has 0 aliphatic carbocycles. The Hall–Kier alpha value is -2.01. The number of rotatable bonds is 4. The first-order chi connectivity index (χ1) is 10.2. The maximum absolute atomic E-state index is 12.4. The minimum atomic E-state index is -3.62. The second kappa shape index (κ2) is 6.01. The van der Waals surface area contributed by atoms with Crippen LogP contribution in [0, 0.1) is 0 Å². The van der Waals surface area contributed by atoms with Gasteiger partial charge in [-0.25, -0.2) is 8.42 Å². The third kappa shape index (κ3) is 3.80. The van der Waals surface area contributed by atoms with Gasteiger partial charge in [0.05, 0.1) is 12.0 Å². The van der Waals surface area contributed by atoms with Gasteiger partial charge >= 0.3 is 0 Å². The molecule has 4 nitrogen and oxygen atoms in total. The molecule has 0 saturated heterocycles. The molecule has 0 aromatic heterocycles. The van der Waals surface area contributed by atoms with Gasteiger partial charge in [0.15, 0.2) is 0 Å².